The molecule has 4 rings (SSSR count). The molecule has 0 N–H and O–H groups in total. The highest BCUT2D eigenvalue weighted by molar-refractivity contribution is 5.78. The van der Waals surface area contributed by atoms with Gasteiger partial charge in [-0.2, -0.15) is 5.26 Å². The first kappa shape index (κ1) is 21.0. The maximum atomic E-state index is 9.55. The molecule has 3 aromatic carbocycles. The second-order valence-electron chi connectivity index (χ2n) is 7.33. The van der Waals surface area contributed by atoms with Crippen LogP contribution in [0.15, 0.2) is 98.1 Å². The lowest BCUT2D eigenvalue weighted by molar-refractivity contribution is 0.480. The van der Waals surface area contributed by atoms with Crippen molar-refractivity contribution in [3.63, 3.8) is 0 Å². The van der Waals surface area contributed by atoms with E-state index in [1.54, 1.807) is 18.6 Å². The third-order valence-corrected chi connectivity index (χ3v) is 5.20. The Morgan fingerprint density at radius 2 is 1.94 bits per heavy atom. The fourth-order valence-electron chi connectivity index (χ4n) is 3.59. The number of imidazole rings is 1. The zero-order chi connectivity index (χ0) is 22.3. The zero-order valence-electron chi connectivity index (χ0n) is 18.0. The molecule has 0 fully saturated rings. The molecule has 0 atom stereocenters. The molecule has 0 bridgehead atoms. The van der Waals surface area contributed by atoms with Crippen molar-refractivity contribution in [2.24, 2.45) is 0 Å². The molecule has 0 aliphatic carbocycles. The summed E-state index contributed by atoms with van der Waals surface area (Å²) in [5, 5.41) is 9.55. The molecule has 0 saturated carbocycles. The SMILES string of the molecule is C=C(c1cccc(Oc2cc(Cn3ccnc3)ccc2C#N)c1)N(CC)c1ccccc1. The summed E-state index contributed by atoms with van der Waals surface area (Å²) in [6.07, 6.45) is 5.41. The Kier molecular flexibility index (Phi) is 6.33. The number of aromatic nitrogens is 2. The number of benzene rings is 3. The Morgan fingerprint density at radius 1 is 1.09 bits per heavy atom. The molecular weight excluding hydrogens is 396 g/mol. The Hall–Kier alpha value is -4.30. The minimum atomic E-state index is 0.489. The minimum Gasteiger partial charge on any atom is -0.456 e. The van der Waals surface area contributed by atoms with Crippen molar-refractivity contribution in [1.29, 1.82) is 5.26 Å². The van der Waals surface area contributed by atoms with Crippen LogP contribution in [0.2, 0.25) is 0 Å². The average molecular weight is 421 g/mol. The lowest BCUT2D eigenvalue weighted by atomic mass is 10.1. The number of anilines is 1. The van der Waals surface area contributed by atoms with Crippen LogP contribution in [0.3, 0.4) is 0 Å². The van der Waals surface area contributed by atoms with E-state index >= 15 is 0 Å². The van der Waals surface area contributed by atoms with Crippen molar-refractivity contribution < 1.29 is 4.74 Å². The minimum absolute atomic E-state index is 0.489. The first-order chi connectivity index (χ1) is 15.7. The highest BCUT2D eigenvalue weighted by Gasteiger charge is 2.12. The van der Waals surface area contributed by atoms with E-state index in [1.807, 2.05) is 65.4 Å². The third-order valence-electron chi connectivity index (χ3n) is 5.20. The monoisotopic (exact) mass is 420 g/mol. The van der Waals surface area contributed by atoms with Crippen LogP contribution in [0.4, 0.5) is 5.69 Å². The topological polar surface area (TPSA) is 54.1 Å². The predicted octanol–water partition coefficient (Wildman–Crippen LogP) is 6.09. The van der Waals surface area contributed by atoms with Gasteiger partial charge in [0, 0.05) is 42.4 Å². The van der Waals surface area contributed by atoms with Crippen molar-refractivity contribution in [3.8, 4) is 17.6 Å². The lowest BCUT2D eigenvalue weighted by Gasteiger charge is -2.26. The Labute approximate surface area is 188 Å². The first-order valence-electron chi connectivity index (χ1n) is 10.5. The summed E-state index contributed by atoms with van der Waals surface area (Å²) >= 11 is 0. The van der Waals surface area contributed by atoms with E-state index in [-0.39, 0.29) is 0 Å². The van der Waals surface area contributed by atoms with Crippen LogP contribution < -0.4 is 9.64 Å². The molecule has 0 unspecified atom stereocenters. The summed E-state index contributed by atoms with van der Waals surface area (Å²) in [4.78, 5) is 6.24. The van der Waals surface area contributed by atoms with Gasteiger partial charge in [-0.3, -0.25) is 0 Å². The largest absolute Gasteiger partial charge is 0.456 e. The Morgan fingerprint density at radius 3 is 2.66 bits per heavy atom. The zero-order valence-corrected chi connectivity index (χ0v) is 18.0. The van der Waals surface area contributed by atoms with Gasteiger partial charge in [0.2, 0.25) is 0 Å². The summed E-state index contributed by atoms with van der Waals surface area (Å²) in [5.74, 6) is 1.19. The molecular formula is C27H24N4O. The smallest absolute Gasteiger partial charge is 0.145 e. The molecule has 5 nitrogen and oxygen atoms in total. The molecule has 0 radical (unpaired) electrons. The number of nitriles is 1. The van der Waals surface area contributed by atoms with E-state index in [0.29, 0.717) is 23.6 Å². The van der Waals surface area contributed by atoms with E-state index in [4.69, 9.17) is 4.74 Å². The molecule has 158 valence electrons. The van der Waals surface area contributed by atoms with E-state index in [0.717, 1.165) is 29.1 Å². The maximum absolute atomic E-state index is 9.55. The standard InChI is InChI=1S/C27H24N4O/c1-3-31(25-9-5-4-6-10-25)21(2)23-8-7-11-26(17-23)32-27-16-22(12-13-24(27)18-28)19-30-15-14-29-20-30/h4-17,20H,2-3,19H2,1H3. The van der Waals surface area contributed by atoms with E-state index in [2.05, 4.69) is 41.6 Å². The summed E-state index contributed by atoms with van der Waals surface area (Å²) in [5.41, 5.74) is 4.45. The van der Waals surface area contributed by atoms with Gasteiger partial charge in [-0.15, -0.1) is 0 Å². The van der Waals surface area contributed by atoms with E-state index in [9.17, 15) is 5.26 Å². The van der Waals surface area contributed by atoms with Gasteiger partial charge in [-0.05, 0) is 48.9 Å². The number of para-hydroxylation sites is 1. The predicted molar refractivity (Wildman–Crippen MR) is 127 cm³/mol. The van der Waals surface area contributed by atoms with Gasteiger partial charge in [-0.1, -0.05) is 43.0 Å². The molecule has 5 heteroatoms. The molecule has 32 heavy (non-hydrogen) atoms. The number of rotatable bonds is 8. The third kappa shape index (κ3) is 4.71. The second-order valence-corrected chi connectivity index (χ2v) is 7.33. The lowest BCUT2D eigenvalue weighted by Crippen LogP contribution is -2.20. The Balaban J connectivity index is 1.59. The molecule has 0 spiro atoms. The molecule has 0 amide bonds. The van der Waals surface area contributed by atoms with Crippen molar-refractivity contribution in [1.82, 2.24) is 9.55 Å². The van der Waals surface area contributed by atoms with Gasteiger partial charge < -0.3 is 14.2 Å². The number of ether oxygens (including phenoxy) is 1. The molecule has 0 aliphatic rings. The molecule has 0 saturated heterocycles. The molecule has 1 aromatic heterocycles. The van der Waals surface area contributed by atoms with E-state index < -0.39 is 0 Å². The van der Waals surface area contributed by atoms with Gasteiger partial charge in [0.25, 0.3) is 0 Å². The van der Waals surface area contributed by atoms with Crippen molar-refractivity contribution >= 4 is 11.4 Å². The van der Waals surface area contributed by atoms with Gasteiger partial charge in [-0.25, -0.2) is 4.98 Å². The van der Waals surface area contributed by atoms with Gasteiger partial charge >= 0.3 is 0 Å². The fourth-order valence-corrected chi connectivity index (χ4v) is 3.59. The Bertz CT molecular complexity index is 1240. The normalized spacial score (nSPS) is 10.4. The number of nitrogens with zero attached hydrogens (tertiary/aromatic N) is 4. The van der Waals surface area contributed by atoms with Crippen LogP contribution in [0.25, 0.3) is 5.70 Å². The number of hydrogen-bond acceptors (Lipinski definition) is 4. The highest BCUT2D eigenvalue weighted by Crippen LogP contribution is 2.30. The van der Waals surface area contributed by atoms with Crippen LogP contribution in [0.5, 0.6) is 11.5 Å². The van der Waals surface area contributed by atoms with Crippen molar-refractivity contribution in [2.75, 3.05) is 11.4 Å². The van der Waals surface area contributed by atoms with Crippen molar-refractivity contribution in [2.45, 2.75) is 13.5 Å². The summed E-state index contributed by atoms with van der Waals surface area (Å²) in [6, 6.07) is 25.8. The van der Waals surface area contributed by atoms with Crippen molar-refractivity contribution in [3.05, 3.63) is 115 Å². The van der Waals surface area contributed by atoms with Gasteiger partial charge in [0.1, 0.15) is 17.6 Å². The highest BCUT2D eigenvalue weighted by atomic mass is 16.5. The molecule has 1 heterocycles. The van der Waals surface area contributed by atoms with E-state index in [1.165, 1.54) is 0 Å². The van der Waals surface area contributed by atoms with Gasteiger partial charge in [0.15, 0.2) is 0 Å². The van der Waals surface area contributed by atoms with Gasteiger partial charge in [0.05, 0.1) is 11.9 Å². The average Bonchev–Trinajstić information content (AvgIpc) is 3.34. The van der Waals surface area contributed by atoms with Crippen LogP contribution in [0.1, 0.15) is 23.6 Å². The first-order valence-corrected chi connectivity index (χ1v) is 10.5. The van der Waals surface area contributed by atoms with Crippen LogP contribution >= 0.6 is 0 Å². The van der Waals surface area contributed by atoms with Crippen LogP contribution in [-0.4, -0.2) is 16.1 Å². The second kappa shape index (κ2) is 9.67. The number of hydrogen-bond donors (Lipinski definition) is 0. The molecule has 4 aromatic rings. The maximum Gasteiger partial charge on any atom is 0.145 e. The quantitative estimate of drug-likeness (QED) is 0.346. The summed E-state index contributed by atoms with van der Waals surface area (Å²) in [7, 11) is 0. The molecule has 0 aliphatic heterocycles. The fraction of sp³-hybridized carbons (Fsp3) is 0.111. The summed E-state index contributed by atoms with van der Waals surface area (Å²) in [6.45, 7) is 7.87. The summed E-state index contributed by atoms with van der Waals surface area (Å²) < 4.78 is 8.13. The van der Waals surface area contributed by atoms with Crippen LogP contribution in [0, 0.1) is 11.3 Å². The van der Waals surface area contributed by atoms with Crippen LogP contribution in [-0.2, 0) is 6.54 Å².